The van der Waals surface area contributed by atoms with Gasteiger partial charge in [-0.15, -0.1) is 0 Å². The topological polar surface area (TPSA) is 24.5 Å². The molecule has 1 aliphatic heterocycles. The van der Waals surface area contributed by atoms with Gasteiger partial charge in [0.2, 0.25) is 0 Å². The molecule has 1 heterocycles. The summed E-state index contributed by atoms with van der Waals surface area (Å²) in [6.07, 6.45) is 15.2. The van der Waals surface area contributed by atoms with Gasteiger partial charge < -0.3 is 15.0 Å². The second-order valence-corrected chi connectivity index (χ2v) is 8.44. The van der Waals surface area contributed by atoms with E-state index in [1.807, 2.05) is 32.9 Å². The summed E-state index contributed by atoms with van der Waals surface area (Å²) in [6.45, 7) is 13.9. The van der Waals surface area contributed by atoms with Crippen molar-refractivity contribution in [3.63, 3.8) is 0 Å². The molecule has 1 aromatic rings. The number of ether oxygens (including phenoxy) is 1. The lowest BCUT2D eigenvalue weighted by atomic mass is 9.83. The van der Waals surface area contributed by atoms with Crippen molar-refractivity contribution >= 4 is 5.57 Å². The van der Waals surface area contributed by atoms with Gasteiger partial charge in [-0.05, 0) is 85.6 Å². The quantitative estimate of drug-likeness (QED) is 0.424. The van der Waals surface area contributed by atoms with Gasteiger partial charge in [0.1, 0.15) is 11.6 Å². The Bertz CT molecular complexity index is 939. The van der Waals surface area contributed by atoms with Crippen LogP contribution < -0.4 is 5.32 Å². The zero-order chi connectivity index (χ0) is 24.4. The summed E-state index contributed by atoms with van der Waals surface area (Å²) in [5, 5.41) is 3.54. The number of hydrogen-bond donors (Lipinski definition) is 1. The molecule has 2 unspecified atom stereocenters. The molecule has 0 saturated carbocycles. The molecule has 1 N–H and O–H groups in total. The molecule has 3 nitrogen and oxygen atoms in total. The van der Waals surface area contributed by atoms with Crippen LogP contribution in [-0.2, 0) is 4.74 Å². The maximum atomic E-state index is 13.9. The van der Waals surface area contributed by atoms with E-state index in [4.69, 9.17) is 4.74 Å². The van der Waals surface area contributed by atoms with Crippen LogP contribution >= 0.6 is 0 Å². The largest absolute Gasteiger partial charge is 0.385 e. The van der Waals surface area contributed by atoms with E-state index in [1.165, 1.54) is 16.7 Å². The molecule has 3 rings (SSSR count). The number of methoxy groups -OCH3 is 1. The Labute approximate surface area is 200 Å². The number of benzene rings is 1. The van der Waals surface area contributed by atoms with Crippen molar-refractivity contribution in [2.24, 2.45) is 5.92 Å². The summed E-state index contributed by atoms with van der Waals surface area (Å²) in [5.74, 6) is 1.40. The molecule has 1 aliphatic carbocycles. The summed E-state index contributed by atoms with van der Waals surface area (Å²) in [6, 6.07) is 5.72. The highest BCUT2D eigenvalue weighted by molar-refractivity contribution is 5.78. The molecule has 2 atom stereocenters. The van der Waals surface area contributed by atoms with Crippen LogP contribution in [0.1, 0.15) is 58.6 Å². The maximum Gasteiger partial charge on any atom is 0.126 e. The van der Waals surface area contributed by atoms with Crippen LogP contribution in [0.15, 0.2) is 71.7 Å². The van der Waals surface area contributed by atoms with E-state index in [9.17, 15) is 4.39 Å². The highest BCUT2D eigenvalue weighted by atomic mass is 19.1. The first-order chi connectivity index (χ1) is 15.9. The summed E-state index contributed by atoms with van der Waals surface area (Å²) < 4.78 is 19.1. The van der Waals surface area contributed by atoms with Crippen molar-refractivity contribution in [3.05, 3.63) is 88.7 Å². The minimum Gasteiger partial charge on any atom is -0.385 e. The van der Waals surface area contributed by atoms with E-state index in [0.717, 1.165) is 37.4 Å². The van der Waals surface area contributed by atoms with Gasteiger partial charge in [0.25, 0.3) is 0 Å². The Morgan fingerprint density at radius 3 is 2.64 bits per heavy atom. The Hall–Kier alpha value is -2.59. The zero-order valence-electron chi connectivity index (χ0n) is 21.4. The van der Waals surface area contributed by atoms with Gasteiger partial charge in [-0.3, -0.25) is 0 Å². The lowest BCUT2D eigenvalue weighted by molar-refractivity contribution is 0.194. The van der Waals surface area contributed by atoms with Crippen molar-refractivity contribution in [2.75, 3.05) is 20.3 Å². The molecule has 180 valence electrons. The lowest BCUT2D eigenvalue weighted by Gasteiger charge is -2.33. The monoisotopic (exact) mass is 452 g/mol. The Kier molecular flexibility index (Phi) is 10.7. The van der Waals surface area contributed by atoms with Crippen LogP contribution in [0.3, 0.4) is 0 Å². The molecule has 0 fully saturated rings. The first kappa shape index (κ1) is 26.7. The molecule has 2 aliphatic rings. The van der Waals surface area contributed by atoms with Gasteiger partial charge in [-0.1, -0.05) is 51.1 Å². The molecule has 1 aromatic carbocycles. The zero-order valence-corrected chi connectivity index (χ0v) is 21.4. The normalized spacial score (nSPS) is 20.4. The standard InChI is InChI=1S/C27H35FN2O.C2H6/c1-6-27(29-14-7-15-31-5)30-18-23(10-9-21(30)4)24-12-8-19(2)16-25(24)22-11-13-26(28)20(3)17-22;1-2/h6,8-13,17-19,21,29H,7,14-16H2,1-5H3;1-2H3/b27-6-;. The summed E-state index contributed by atoms with van der Waals surface area (Å²) in [7, 11) is 1.73. The van der Waals surface area contributed by atoms with E-state index in [-0.39, 0.29) is 11.9 Å². The smallest absolute Gasteiger partial charge is 0.126 e. The van der Waals surface area contributed by atoms with Gasteiger partial charge in [-0.2, -0.15) is 0 Å². The molecule has 0 spiro atoms. The van der Waals surface area contributed by atoms with Gasteiger partial charge >= 0.3 is 0 Å². The average Bonchev–Trinajstić information content (AvgIpc) is 2.83. The first-order valence-electron chi connectivity index (χ1n) is 12.2. The van der Waals surface area contributed by atoms with E-state index < -0.39 is 0 Å². The van der Waals surface area contributed by atoms with Crippen LogP contribution in [0, 0.1) is 18.7 Å². The maximum absolute atomic E-state index is 13.9. The third kappa shape index (κ3) is 6.94. The predicted molar refractivity (Wildman–Crippen MR) is 139 cm³/mol. The van der Waals surface area contributed by atoms with Gasteiger partial charge in [0.05, 0.1) is 6.04 Å². The van der Waals surface area contributed by atoms with Crippen LogP contribution in [-0.4, -0.2) is 31.2 Å². The number of nitrogens with one attached hydrogen (secondary N) is 1. The number of rotatable bonds is 8. The molecule has 0 bridgehead atoms. The lowest BCUT2D eigenvalue weighted by Crippen LogP contribution is -2.35. The second-order valence-electron chi connectivity index (χ2n) is 8.44. The number of aryl methyl sites for hydroxylation is 1. The van der Waals surface area contributed by atoms with Gasteiger partial charge in [-0.25, -0.2) is 4.39 Å². The first-order valence-corrected chi connectivity index (χ1v) is 12.2. The number of nitrogens with zero attached hydrogens (tertiary/aromatic N) is 1. The van der Waals surface area contributed by atoms with Crippen molar-refractivity contribution in [1.82, 2.24) is 10.2 Å². The highest BCUT2D eigenvalue weighted by Crippen LogP contribution is 2.37. The Morgan fingerprint density at radius 2 is 1.97 bits per heavy atom. The van der Waals surface area contributed by atoms with E-state index in [0.29, 0.717) is 11.5 Å². The number of halogens is 1. The molecule has 0 radical (unpaired) electrons. The number of hydrogen-bond acceptors (Lipinski definition) is 3. The van der Waals surface area contributed by atoms with Crippen LogP contribution in [0.5, 0.6) is 0 Å². The third-order valence-electron chi connectivity index (χ3n) is 5.91. The van der Waals surface area contributed by atoms with Crippen molar-refractivity contribution in [1.29, 1.82) is 0 Å². The molecule has 0 saturated heterocycles. The molecule has 0 aromatic heterocycles. The van der Waals surface area contributed by atoms with Crippen LogP contribution in [0.4, 0.5) is 4.39 Å². The van der Waals surface area contributed by atoms with E-state index in [1.54, 1.807) is 13.2 Å². The Balaban J connectivity index is 0.00000187. The fourth-order valence-electron chi connectivity index (χ4n) is 4.11. The van der Waals surface area contributed by atoms with Gasteiger partial charge in [0.15, 0.2) is 0 Å². The summed E-state index contributed by atoms with van der Waals surface area (Å²) in [5.41, 5.74) is 5.46. The van der Waals surface area contributed by atoms with Crippen molar-refractivity contribution in [3.8, 4) is 0 Å². The van der Waals surface area contributed by atoms with E-state index >= 15 is 0 Å². The highest BCUT2D eigenvalue weighted by Gasteiger charge is 2.22. The predicted octanol–water partition coefficient (Wildman–Crippen LogP) is 7.14. The minimum absolute atomic E-state index is 0.153. The summed E-state index contributed by atoms with van der Waals surface area (Å²) >= 11 is 0. The molecule has 33 heavy (non-hydrogen) atoms. The third-order valence-corrected chi connectivity index (χ3v) is 5.91. The van der Waals surface area contributed by atoms with Crippen LogP contribution in [0.2, 0.25) is 0 Å². The molecule has 4 heteroatoms. The van der Waals surface area contributed by atoms with Crippen LogP contribution in [0.25, 0.3) is 5.57 Å². The van der Waals surface area contributed by atoms with Gasteiger partial charge in [0, 0.05) is 26.5 Å². The van der Waals surface area contributed by atoms with Crippen molar-refractivity contribution < 1.29 is 9.13 Å². The molecular weight excluding hydrogens is 411 g/mol. The molecular formula is C29H41FN2O. The number of allylic oxidation sites excluding steroid dienone is 7. The fraction of sp³-hybridized carbons (Fsp3) is 0.448. The second kappa shape index (κ2) is 13.2. The fourth-order valence-corrected chi connectivity index (χ4v) is 4.11. The summed E-state index contributed by atoms with van der Waals surface area (Å²) in [4.78, 5) is 2.29. The minimum atomic E-state index is -0.153. The molecule has 0 amide bonds. The average molecular weight is 453 g/mol. The van der Waals surface area contributed by atoms with Crippen molar-refractivity contribution in [2.45, 2.75) is 60.4 Å². The van der Waals surface area contributed by atoms with E-state index in [2.05, 4.69) is 67.6 Å². The SMILES string of the molecule is C/C=C(/NCCCOC)N1C=C(C2=C(c3ccc(F)c(C)c3)CC(C)C=C2)C=CC1C.CC. The Morgan fingerprint density at radius 1 is 1.21 bits per heavy atom.